The summed E-state index contributed by atoms with van der Waals surface area (Å²) in [7, 11) is 0. The van der Waals surface area contributed by atoms with Crippen molar-refractivity contribution in [2.75, 3.05) is 13.2 Å². The van der Waals surface area contributed by atoms with E-state index in [9.17, 15) is 35.1 Å². The van der Waals surface area contributed by atoms with Gasteiger partial charge >= 0.3 is 5.97 Å². The molecule has 0 aromatic heterocycles. The molecule has 3 rings (SSSR count). The van der Waals surface area contributed by atoms with E-state index in [0.29, 0.717) is 30.3 Å². The van der Waals surface area contributed by atoms with Crippen LogP contribution in [-0.4, -0.2) is 93.9 Å². The van der Waals surface area contributed by atoms with Crippen molar-refractivity contribution in [2.24, 2.45) is 5.92 Å². The molecule has 0 radical (unpaired) electrons. The van der Waals surface area contributed by atoms with Crippen molar-refractivity contribution in [1.82, 2.24) is 0 Å². The van der Waals surface area contributed by atoms with Crippen LogP contribution in [-0.2, 0) is 23.8 Å². The van der Waals surface area contributed by atoms with Gasteiger partial charge in [0.2, 0.25) is 0 Å². The van der Waals surface area contributed by atoms with Gasteiger partial charge in [0.05, 0.1) is 25.2 Å². The number of carbonyl (C=O) groups is 2. The summed E-state index contributed by atoms with van der Waals surface area (Å²) in [5.41, 5.74) is 1.16. The molecule has 172 valence electrons. The fourth-order valence-corrected chi connectivity index (χ4v) is 4.02. The van der Waals surface area contributed by atoms with Crippen LogP contribution in [0.1, 0.15) is 19.3 Å². The predicted molar refractivity (Wildman–Crippen MR) is 104 cm³/mol. The number of aldehydes is 1. The highest BCUT2D eigenvalue weighted by molar-refractivity contribution is 5.91. The predicted octanol–water partition coefficient (Wildman–Crippen LogP) is -1.50. The van der Waals surface area contributed by atoms with Crippen molar-refractivity contribution >= 4 is 12.3 Å². The molecule has 0 saturated carbocycles. The topological polar surface area (TPSA) is 163 Å². The Morgan fingerprint density at radius 2 is 1.94 bits per heavy atom. The first-order valence-corrected chi connectivity index (χ1v) is 10.1. The lowest BCUT2D eigenvalue weighted by Gasteiger charge is -2.39. The lowest BCUT2D eigenvalue weighted by atomic mass is 9.85. The third-order valence-electron chi connectivity index (χ3n) is 5.83. The number of hydrogen-bond donors (Lipinski definition) is 5. The fraction of sp³-hybridized carbons (Fsp3) is 0.619. The van der Waals surface area contributed by atoms with Crippen molar-refractivity contribution in [3.8, 4) is 0 Å². The van der Waals surface area contributed by atoms with Gasteiger partial charge in [-0.05, 0) is 30.1 Å². The normalized spacial score (nSPS) is 42.6. The Morgan fingerprint density at radius 1 is 1.19 bits per heavy atom. The minimum absolute atomic E-state index is 0.0743. The molecule has 0 aromatic carbocycles. The Labute approximate surface area is 179 Å². The van der Waals surface area contributed by atoms with E-state index in [4.69, 9.17) is 14.2 Å². The maximum absolute atomic E-state index is 12.0. The summed E-state index contributed by atoms with van der Waals surface area (Å²) in [4.78, 5) is 23.3. The molecule has 3 aliphatic rings. The quantitative estimate of drug-likeness (QED) is 0.147. The van der Waals surface area contributed by atoms with Crippen molar-refractivity contribution in [2.45, 2.75) is 62.2 Å². The van der Waals surface area contributed by atoms with E-state index in [0.717, 1.165) is 0 Å². The first-order valence-electron chi connectivity index (χ1n) is 10.1. The Morgan fingerprint density at radius 3 is 2.61 bits per heavy atom. The molecule has 10 nitrogen and oxygen atoms in total. The van der Waals surface area contributed by atoms with Gasteiger partial charge < -0.3 is 39.7 Å². The zero-order chi connectivity index (χ0) is 22.7. The maximum Gasteiger partial charge on any atom is 0.334 e. The second kappa shape index (κ2) is 10.1. The SMILES string of the molecule is C=C1C(=O)O[C@@H]2/C=C(\CO[C@@H]3O[C@H](CO)[C@@H](O)[C@H](O)[C@H]3O)CC/C=C(/C=O)C[C@H](O)[C@@H]12. The van der Waals surface area contributed by atoms with Crippen molar-refractivity contribution in [3.63, 3.8) is 0 Å². The highest BCUT2D eigenvalue weighted by Crippen LogP contribution is 2.34. The van der Waals surface area contributed by atoms with Crippen LogP contribution in [0.4, 0.5) is 0 Å². The van der Waals surface area contributed by atoms with E-state index < -0.39 is 61.4 Å². The van der Waals surface area contributed by atoms with Gasteiger partial charge in [-0.1, -0.05) is 12.7 Å². The van der Waals surface area contributed by atoms with Crippen LogP contribution < -0.4 is 0 Å². The van der Waals surface area contributed by atoms with Crippen LogP contribution >= 0.6 is 0 Å². The maximum atomic E-state index is 12.0. The number of aliphatic hydroxyl groups excluding tert-OH is 5. The Bertz CT molecular complexity index is 757. The number of esters is 1. The largest absolute Gasteiger partial charge is 0.454 e. The van der Waals surface area contributed by atoms with Crippen LogP contribution in [0.15, 0.2) is 35.5 Å². The van der Waals surface area contributed by atoms with Gasteiger partial charge in [0.25, 0.3) is 0 Å². The van der Waals surface area contributed by atoms with E-state index in [2.05, 4.69) is 6.58 Å². The molecule has 2 heterocycles. The molecule has 5 N–H and O–H groups in total. The van der Waals surface area contributed by atoms with Crippen LogP contribution in [0, 0.1) is 5.92 Å². The number of ether oxygens (including phenoxy) is 3. The lowest BCUT2D eigenvalue weighted by Crippen LogP contribution is -2.59. The van der Waals surface area contributed by atoms with Gasteiger partial charge in [-0.15, -0.1) is 0 Å². The number of aliphatic hydroxyl groups is 5. The molecule has 1 aliphatic carbocycles. The first-order chi connectivity index (χ1) is 14.8. The zero-order valence-electron chi connectivity index (χ0n) is 16.9. The third-order valence-corrected chi connectivity index (χ3v) is 5.83. The summed E-state index contributed by atoms with van der Waals surface area (Å²) in [6, 6.07) is 0. The lowest BCUT2D eigenvalue weighted by molar-refractivity contribution is -0.299. The smallest absolute Gasteiger partial charge is 0.334 e. The molecular formula is C21H28O10. The second-order valence-electron chi connectivity index (χ2n) is 7.96. The van der Waals surface area contributed by atoms with Crippen molar-refractivity contribution < 1.29 is 49.3 Å². The van der Waals surface area contributed by atoms with Gasteiger partial charge in [-0.3, -0.25) is 4.79 Å². The summed E-state index contributed by atoms with van der Waals surface area (Å²) < 4.78 is 16.3. The molecule has 10 heteroatoms. The highest BCUT2D eigenvalue weighted by atomic mass is 16.7. The molecule has 2 aliphatic heterocycles. The van der Waals surface area contributed by atoms with Gasteiger partial charge in [0.1, 0.15) is 36.8 Å². The Kier molecular flexibility index (Phi) is 7.76. The molecule has 31 heavy (non-hydrogen) atoms. The van der Waals surface area contributed by atoms with Crippen LogP contribution in [0.25, 0.3) is 0 Å². The average Bonchev–Trinajstić information content (AvgIpc) is 3.03. The average molecular weight is 440 g/mol. The monoisotopic (exact) mass is 440 g/mol. The summed E-state index contributed by atoms with van der Waals surface area (Å²) in [5, 5.41) is 49.8. The highest BCUT2D eigenvalue weighted by Gasteiger charge is 2.45. The number of rotatable bonds is 5. The number of carbonyl (C=O) groups excluding carboxylic acids is 2. The molecule has 0 spiro atoms. The molecule has 0 aromatic rings. The summed E-state index contributed by atoms with van der Waals surface area (Å²) >= 11 is 0. The molecule has 0 unspecified atom stereocenters. The molecule has 0 bridgehead atoms. The van der Waals surface area contributed by atoms with Gasteiger partial charge in [-0.25, -0.2) is 4.79 Å². The summed E-state index contributed by atoms with van der Waals surface area (Å²) in [6.45, 7) is 3.04. The number of fused-ring (bicyclic) bond motifs is 1. The first kappa shape index (κ1) is 23.7. The standard InChI is InChI=1S/C21H28O10/c1-10-16-13(24)5-11(7-22)3-2-4-12(6-14(16)30-20(10)28)9-29-21-19(27)18(26)17(25)15(8-23)31-21/h3,6-7,13-19,21,23-27H,1-2,4-5,8-9H2/b11-3+,12-6-/t13-,14+,15+,16+,17+,18-,19+,21+/m0/s1. The van der Waals surface area contributed by atoms with E-state index in [-0.39, 0.29) is 18.6 Å². The molecule has 2 fully saturated rings. The van der Waals surface area contributed by atoms with Crippen molar-refractivity contribution in [3.05, 3.63) is 35.5 Å². The van der Waals surface area contributed by atoms with E-state index in [1.165, 1.54) is 0 Å². The van der Waals surface area contributed by atoms with Crippen molar-refractivity contribution in [1.29, 1.82) is 0 Å². The molecular weight excluding hydrogens is 412 g/mol. The Balaban J connectivity index is 1.78. The van der Waals surface area contributed by atoms with Crippen LogP contribution in [0.5, 0.6) is 0 Å². The van der Waals surface area contributed by atoms with Crippen LogP contribution in [0.2, 0.25) is 0 Å². The number of allylic oxidation sites excluding steroid dienone is 1. The van der Waals surface area contributed by atoms with Gasteiger partial charge in [0, 0.05) is 12.0 Å². The molecule has 0 amide bonds. The fourth-order valence-electron chi connectivity index (χ4n) is 4.02. The van der Waals surface area contributed by atoms with E-state index in [1.807, 2.05) is 0 Å². The molecule has 8 atom stereocenters. The van der Waals surface area contributed by atoms with E-state index in [1.54, 1.807) is 12.2 Å². The summed E-state index contributed by atoms with van der Waals surface area (Å²) in [6.07, 6.45) is -3.89. The zero-order valence-corrected chi connectivity index (χ0v) is 16.9. The third kappa shape index (κ3) is 5.12. The number of hydrogen-bond acceptors (Lipinski definition) is 10. The van der Waals surface area contributed by atoms with E-state index >= 15 is 0 Å². The van der Waals surface area contributed by atoms with Gasteiger partial charge in [0.15, 0.2) is 6.29 Å². The summed E-state index contributed by atoms with van der Waals surface area (Å²) in [5.74, 6) is -1.36. The van der Waals surface area contributed by atoms with Gasteiger partial charge in [-0.2, -0.15) is 0 Å². The minimum Gasteiger partial charge on any atom is -0.454 e. The molecule has 2 saturated heterocycles. The minimum atomic E-state index is -1.56. The Hall–Kier alpha value is -1.92. The van der Waals surface area contributed by atoms with Crippen LogP contribution in [0.3, 0.4) is 0 Å². The second-order valence-corrected chi connectivity index (χ2v) is 7.96.